The highest BCUT2D eigenvalue weighted by Crippen LogP contribution is 2.40. The number of carbonyl (C=O) groups is 3. The van der Waals surface area contributed by atoms with Gasteiger partial charge in [0.2, 0.25) is 11.8 Å². The van der Waals surface area contributed by atoms with Gasteiger partial charge in [-0.05, 0) is 61.4 Å². The van der Waals surface area contributed by atoms with Crippen molar-refractivity contribution in [1.29, 1.82) is 0 Å². The topological polar surface area (TPSA) is 78.5 Å². The molecule has 3 amide bonds. The first kappa shape index (κ1) is 22.1. The molecule has 1 saturated carbocycles. The third-order valence-corrected chi connectivity index (χ3v) is 6.63. The van der Waals surface area contributed by atoms with Crippen LogP contribution in [-0.2, 0) is 16.0 Å². The lowest BCUT2D eigenvalue weighted by Gasteiger charge is -2.33. The summed E-state index contributed by atoms with van der Waals surface area (Å²) < 4.78 is 0. The number of benzene rings is 2. The number of nitrogens with zero attached hydrogens (tertiary/aromatic N) is 1. The maximum absolute atomic E-state index is 13.3. The van der Waals surface area contributed by atoms with Crippen LogP contribution in [0.4, 0.5) is 5.69 Å². The van der Waals surface area contributed by atoms with Gasteiger partial charge in [0, 0.05) is 30.8 Å². The summed E-state index contributed by atoms with van der Waals surface area (Å²) in [6, 6.07) is 16.7. The summed E-state index contributed by atoms with van der Waals surface area (Å²) in [5.41, 5.74) is 2.49. The fraction of sp³-hybridized carbons (Fsp3) is 0.423. The third-order valence-electron chi connectivity index (χ3n) is 6.63. The second kappa shape index (κ2) is 9.98. The minimum absolute atomic E-state index is 0.0336. The highest BCUT2D eigenvalue weighted by Gasteiger charge is 2.47. The average molecular weight is 434 g/mol. The molecule has 4 rings (SSSR count). The van der Waals surface area contributed by atoms with E-state index in [9.17, 15) is 14.4 Å². The molecule has 2 aliphatic rings. The monoisotopic (exact) mass is 433 g/mol. The fourth-order valence-electron chi connectivity index (χ4n) is 5.12. The highest BCUT2D eigenvalue weighted by molar-refractivity contribution is 5.98. The summed E-state index contributed by atoms with van der Waals surface area (Å²) in [7, 11) is 0. The maximum atomic E-state index is 13.3. The van der Waals surface area contributed by atoms with Crippen LogP contribution in [0.5, 0.6) is 0 Å². The van der Waals surface area contributed by atoms with Crippen molar-refractivity contribution in [2.45, 2.75) is 57.5 Å². The normalized spacial score (nSPS) is 22.2. The van der Waals surface area contributed by atoms with Crippen LogP contribution in [0.15, 0.2) is 54.6 Å². The van der Waals surface area contributed by atoms with E-state index in [1.54, 1.807) is 0 Å². The standard InChI is InChI=1S/C26H31N3O3/c1-18(30)28-22-13-11-19(12-14-22)15-16-27-25(31)24-17-21-9-5-6-10-23(21)29(24)26(32)20-7-3-2-4-8-20/h2-4,7-8,11-14,21,23-24H,5-6,9-10,15-17H2,1H3,(H,27,31)(H,28,30). The van der Waals surface area contributed by atoms with Gasteiger partial charge < -0.3 is 15.5 Å². The first-order chi connectivity index (χ1) is 15.5. The van der Waals surface area contributed by atoms with Crippen molar-refractivity contribution in [2.75, 3.05) is 11.9 Å². The molecule has 2 N–H and O–H groups in total. The molecule has 6 heteroatoms. The number of anilines is 1. The molecule has 0 spiro atoms. The van der Waals surface area contributed by atoms with E-state index in [4.69, 9.17) is 0 Å². The number of nitrogens with one attached hydrogen (secondary N) is 2. The quantitative estimate of drug-likeness (QED) is 0.728. The molecule has 1 saturated heterocycles. The van der Waals surface area contributed by atoms with Crippen molar-refractivity contribution in [3.05, 3.63) is 65.7 Å². The number of hydrogen-bond donors (Lipinski definition) is 2. The van der Waals surface area contributed by atoms with Crippen molar-refractivity contribution in [2.24, 2.45) is 5.92 Å². The van der Waals surface area contributed by atoms with Crippen LogP contribution in [0.3, 0.4) is 0 Å². The Morgan fingerprint density at radius 3 is 2.41 bits per heavy atom. The Morgan fingerprint density at radius 1 is 0.969 bits per heavy atom. The number of carbonyl (C=O) groups excluding carboxylic acids is 3. The zero-order valence-electron chi connectivity index (χ0n) is 18.5. The second-order valence-corrected chi connectivity index (χ2v) is 8.86. The van der Waals surface area contributed by atoms with Gasteiger partial charge in [-0.2, -0.15) is 0 Å². The van der Waals surface area contributed by atoms with Gasteiger partial charge in [-0.3, -0.25) is 14.4 Å². The SMILES string of the molecule is CC(=O)Nc1ccc(CCNC(=O)C2CC3CCCCC3N2C(=O)c2ccccc2)cc1. The molecular weight excluding hydrogens is 402 g/mol. The molecule has 1 aliphatic carbocycles. The van der Waals surface area contributed by atoms with Gasteiger partial charge in [-0.15, -0.1) is 0 Å². The molecule has 2 aromatic carbocycles. The Balaban J connectivity index is 1.39. The van der Waals surface area contributed by atoms with Crippen molar-refractivity contribution >= 4 is 23.4 Å². The summed E-state index contributed by atoms with van der Waals surface area (Å²) in [5.74, 6) is 0.220. The number of fused-ring (bicyclic) bond motifs is 1. The van der Waals surface area contributed by atoms with Crippen LogP contribution in [0, 0.1) is 5.92 Å². The predicted molar refractivity (Wildman–Crippen MR) is 124 cm³/mol. The first-order valence-corrected chi connectivity index (χ1v) is 11.5. The van der Waals surface area contributed by atoms with Crippen molar-refractivity contribution < 1.29 is 14.4 Å². The van der Waals surface area contributed by atoms with E-state index in [1.165, 1.54) is 13.3 Å². The van der Waals surface area contributed by atoms with Crippen molar-refractivity contribution in [3.8, 4) is 0 Å². The van der Waals surface area contributed by atoms with Gasteiger partial charge >= 0.3 is 0 Å². The van der Waals surface area contributed by atoms with E-state index < -0.39 is 6.04 Å². The Morgan fingerprint density at radius 2 is 1.69 bits per heavy atom. The van der Waals surface area contributed by atoms with Crippen molar-refractivity contribution in [3.63, 3.8) is 0 Å². The van der Waals surface area contributed by atoms with Gasteiger partial charge in [0.15, 0.2) is 0 Å². The lowest BCUT2D eigenvalue weighted by Crippen LogP contribution is -2.49. The van der Waals surface area contributed by atoms with E-state index in [1.807, 2.05) is 59.5 Å². The van der Waals surface area contributed by atoms with Crippen LogP contribution in [0.2, 0.25) is 0 Å². The zero-order chi connectivity index (χ0) is 22.5. The Bertz CT molecular complexity index is 958. The molecule has 2 fully saturated rings. The molecule has 3 unspecified atom stereocenters. The van der Waals surface area contributed by atoms with E-state index in [0.717, 1.165) is 36.9 Å². The van der Waals surface area contributed by atoms with Gasteiger partial charge in [0.1, 0.15) is 6.04 Å². The summed E-state index contributed by atoms with van der Waals surface area (Å²) in [6.07, 6.45) is 5.81. The molecule has 0 bridgehead atoms. The van der Waals surface area contributed by atoms with E-state index >= 15 is 0 Å². The number of hydrogen-bond acceptors (Lipinski definition) is 3. The molecule has 6 nitrogen and oxygen atoms in total. The smallest absolute Gasteiger partial charge is 0.254 e. The van der Waals surface area contributed by atoms with Crippen LogP contribution in [0.1, 0.15) is 54.9 Å². The average Bonchev–Trinajstić information content (AvgIpc) is 3.19. The zero-order valence-corrected chi connectivity index (χ0v) is 18.5. The largest absolute Gasteiger partial charge is 0.354 e. The van der Waals surface area contributed by atoms with Gasteiger partial charge in [0.05, 0.1) is 0 Å². The van der Waals surface area contributed by atoms with Crippen LogP contribution in [0.25, 0.3) is 0 Å². The van der Waals surface area contributed by atoms with E-state index in [0.29, 0.717) is 24.4 Å². The second-order valence-electron chi connectivity index (χ2n) is 8.86. The highest BCUT2D eigenvalue weighted by atomic mass is 16.2. The third kappa shape index (κ3) is 5.01. The van der Waals surface area contributed by atoms with Crippen LogP contribution in [-0.4, -0.2) is 41.2 Å². The Labute approximate surface area is 189 Å². The molecular formula is C26H31N3O3. The number of likely N-dealkylation sites (tertiary alicyclic amines) is 1. The van der Waals surface area contributed by atoms with Crippen molar-refractivity contribution in [1.82, 2.24) is 10.2 Å². The minimum Gasteiger partial charge on any atom is -0.354 e. The van der Waals surface area contributed by atoms with Crippen LogP contribution < -0.4 is 10.6 Å². The molecule has 168 valence electrons. The van der Waals surface area contributed by atoms with Crippen LogP contribution >= 0.6 is 0 Å². The van der Waals surface area contributed by atoms with Gasteiger partial charge in [0.25, 0.3) is 5.91 Å². The van der Waals surface area contributed by atoms with E-state index in [2.05, 4.69) is 10.6 Å². The number of rotatable bonds is 6. The summed E-state index contributed by atoms with van der Waals surface area (Å²) in [6.45, 7) is 1.99. The lowest BCUT2D eigenvalue weighted by atomic mass is 9.84. The fourth-order valence-corrected chi connectivity index (χ4v) is 5.12. The molecule has 32 heavy (non-hydrogen) atoms. The summed E-state index contributed by atoms with van der Waals surface area (Å²) in [5, 5.41) is 5.81. The molecule has 1 aliphatic heterocycles. The lowest BCUT2D eigenvalue weighted by molar-refractivity contribution is -0.125. The predicted octanol–water partition coefficient (Wildman–Crippen LogP) is 3.78. The van der Waals surface area contributed by atoms with Gasteiger partial charge in [-0.25, -0.2) is 0 Å². The maximum Gasteiger partial charge on any atom is 0.254 e. The Kier molecular flexibility index (Phi) is 6.88. The minimum atomic E-state index is -0.405. The molecule has 0 aromatic heterocycles. The molecule has 1 heterocycles. The Hall–Kier alpha value is -3.15. The summed E-state index contributed by atoms with van der Waals surface area (Å²) in [4.78, 5) is 39.5. The first-order valence-electron chi connectivity index (χ1n) is 11.5. The van der Waals surface area contributed by atoms with E-state index in [-0.39, 0.29) is 23.8 Å². The van der Waals surface area contributed by atoms with Gasteiger partial charge in [-0.1, -0.05) is 43.2 Å². The molecule has 3 atom stereocenters. The molecule has 0 radical (unpaired) electrons. The summed E-state index contributed by atoms with van der Waals surface area (Å²) >= 11 is 0. The molecule has 2 aromatic rings. The number of amides is 3.